The summed E-state index contributed by atoms with van der Waals surface area (Å²) in [4.78, 5) is 4.25. The molecule has 4 atom stereocenters. The maximum atomic E-state index is 12.5. The van der Waals surface area contributed by atoms with Crippen LogP contribution in [0.25, 0.3) is 0 Å². The van der Waals surface area contributed by atoms with Crippen LogP contribution in [0.5, 0.6) is 11.5 Å². The third-order valence-electron chi connectivity index (χ3n) is 6.85. The number of aromatic nitrogens is 1. The average molecular weight is 413 g/mol. The van der Waals surface area contributed by atoms with E-state index in [1.165, 1.54) is 0 Å². The molecule has 0 spiro atoms. The fourth-order valence-electron chi connectivity index (χ4n) is 5.53. The molecule has 3 N–H and O–H groups in total. The Balaban J connectivity index is 1.82. The second-order valence-electron chi connectivity index (χ2n) is 8.14. The van der Waals surface area contributed by atoms with Crippen molar-refractivity contribution < 1.29 is 14.6 Å². The summed E-state index contributed by atoms with van der Waals surface area (Å²) in [6, 6.07) is 19.4. The summed E-state index contributed by atoms with van der Waals surface area (Å²) in [6.45, 7) is 0.284. The molecule has 0 saturated heterocycles. The van der Waals surface area contributed by atoms with Crippen LogP contribution in [0.15, 0.2) is 67.0 Å². The number of hydrogen-bond acceptors (Lipinski definition) is 6. The van der Waals surface area contributed by atoms with E-state index in [1.807, 2.05) is 30.3 Å². The Labute approximate surface area is 180 Å². The maximum absolute atomic E-state index is 12.5. The van der Waals surface area contributed by atoms with Gasteiger partial charge in [-0.15, -0.1) is 0 Å². The molecule has 2 aromatic carbocycles. The molecular weight excluding hydrogens is 390 g/mol. The number of benzene rings is 2. The Morgan fingerprint density at radius 2 is 1.94 bits per heavy atom. The highest BCUT2D eigenvalue weighted by Gasteiger charge is 2.73. The number of methoxy groups -OCH3 is 1. The molecule has 1 fully saturated rings. The van der Waals surface area contributed by atoms with E-state index in [2.05, 4.69) is 23.2 Å². The first-order chi connectivity index (χ1) is 15.1. The van der Waals surface area contributed by atoms with Crippen LogP contribution < -0.4 is 15.2 Å². The SMILES string of the molecule is COc1cncc2c1[C@]1(O)C(CN)C[C@@H](c3ccccc3)[C@]1(c1ccc(C#N)cc1)O2. The molecule has 2 heterocycles. The smallest absolute Gasteiger partial charge is 0.174 e. The van der Waals surface area contributed by atoms with Crippen LogP contribution in [0, 0.1) is 17.2 Å². The molecule has 0 amide bonds. The zero-order valence-electron chi connectivity index (χ0n) is 17.2. The van der Waals surface area contributed by atoms with E-state index in [4.69, 9.17) is 15.2 Å². The number of hydrogen-bond donors (Lipinski definition) is 2. The van der Waals surface area contributed by atoms with Crippen LogP contribution in [0.1, 0.15) is 34.6 Å². The van der Waals surface area contributed by atoms with Gasteiger partial charge in [0.15, 0.2) is 5.60 Å². The first-order valence-corrected chi connectivity index (χ1v) is 10.3. The third kappa shape index (κ3) is 2.48. The van der Waals surface area contributed by atoms with Crippen molar-refractivity contribution >= 4 is 0 Å². The monoisotopic (exact) mass is 413 g/mol. The van der Waals surface area contributed by atoms with Crippen molar-refractivity contribution in [2.24, 2.45) is 11.7 Å². The topological polar surface area (TPSA) is 101 Å². The van der Waals surface area contributed by atoms with Crippen molar-refractivity contribution in [1.29, 1.82) is 5.26 Å². The minimum Gasteiger partial charge on any atom is -0.495 e. The number of nitrogens with zero attached hydrogens (tertiary/aromatic N) is 2. The molecule has 1 aromatic heterocycles. The average Bonchev–Trinajstić information content (AvgIpc) is 3.24. The third-order valence-corrected chi connectivity index (χ3v) is 6.85. The van der Waals surface area contributed by atoms with E-state index in [0.29, 0.717) is 29.0 Å². The summed E-state index contributed by atoms with van der Waals surface area (Å²) in [5, 5.41) is 21.8. The molecule has 6 nitrogen and oxygen atoms in total. The minimum atomic E-state index is -1.43. The van der Waals surface area contributed by atoms with Crippen molar-refractivity contribution in [3.05, 3.63) is 89.2 Å². The number of pyridine rings is 1. The molecule has 2 aliphatic rings. The Morgan fingerprint density at radius 3 is 2.58 bits per heavy atom. The largest absolute Gasteiger partial charge is 0.495 e. The van der Waals surface area contributed by atoms with Gasteiger partial charge in [0, 0.05) is 11.8 Å². The fourth-order valence-corrected chi connectivity index (χ4v) is 5.53. The summed E-state index contributed by atoms with van der Waals surface area (Å²) in [7, 11) is 1.56. The Morgan fingerprint density at radius 1 is 1.19 bits per heavy atom. The normalized spacial score (nSPS) is 28.3. The van der Waals surface area contributed by atoms with Gasteiger partial charge in [0.25, 0.3) is 0 Å². The summed E-state index contributed by atoms with van der Waals surface area (Å²) >= 11 is 0. The molecule has 3 aromatic rings. The molecule has 6 heteroatoms. The van der Waals surface area contributed by atoms with Gasteiger partial charge >= 0.3 is 0 Å². The minimum absolute atomic E-state index is 0.169. The van der Waals surface area contributed by atoms with Gasteiger partial charge in [-0.3, -0.25) is 4.98 Å². The first-order valence-electron chi connectivity index (χ1n) is 10.3. The van der Waals surface area contributed by atoms with Gasteiger partial charge in [-0.25, -0.2) is 0 Å². The van der Waals surface area contributed by atoms with E-state index in [-0.39, 0.29) is 18.4 Å². The van der Waals surface area contributed by atoms with Gasteiger partial charge in [0.1, 0.15) is 17.1 Å². The van der Waals surface area contributed by atoms with Gasteiger partial charge in [-0.2, -0.15) is 5.26 Å². The lowest BCUT2D eigenvalue weighted by Gasteiger charge is -2.41. The summed E-state index contributed by atoms with van der Waals surface area (Å²) < 4.78 is 12.3. The first kappa shape index (κ1) is 19.6. The summed E-state index contributed by atoms with van der Waals surface area (Å²) in [6.07, 6.45) is 3.86. The lowest BCUT2D eigenvalue weighted by atomic mass is 9.70. The summed E-state index contributed by atoms with van der Waals surface area (Å²) in [5.74, 6) is 0.524. The van der Waals surface area contributed by atoms with Crippen LogP contribution in [-0.2, 0) is 11.2 Å². The standard InChI is InChI=1S/C25H23N3O3/c1-30-21-14-28-15-22-23(21)24(29)19(13-27)11-20(17-5-3-2-4-6-17)25(24,31-22)18-9-7-16(12-26)8-10-18/h2-10,14-15,19-20,29H,11,13,27H2,1H3/t19?,20-,24+,25-/m0/s1. The Bertz CT molecular complexity index is 1160. The van der Waals surface area contributed by atoms with Crippen molar-refractivity contribution in [1.82, 2.24) is 4.98 Å². The quantitative estimate of drug-likeness (QED) is 0.681. The predicted octanol–water partition coefficient (Wildman–Crippen LogP) is 3.20. The van der Waals surface area contributed by atoms with E-state index in [0.717, 1.165) is 11.1 Å². The van der Waals surface area contributed by atoms with Gasteiger partial charge < -0.3 is 20.3 Å². The van der Waals surface area contributed by atoms with Crippen LogP contribution in [0.2, 0.25) is 0 Å². The van der Waals surface area contributed by atoms with E-state index < -0.39 is 11.2 Å². The van der Waals surface area contributed by atoms with Gasteiger partial charge in [-0.1, -0.05) is 42.5 Å². The van der Waals surface area contributed by atoms with Crippen LogP contribution in [0.3, 0.4) is 0 Å². The van der Waals surface area contributed by atoms with E-state index in [1.54, 1.807) is 31.6 Å². The van der Waals surface area contributed by atoms with Crippen LogP contribution in [-0.4, -0.2) is 23.7 Å². The zero-order chi connectivity index (χ0) is 21.6. The number of rotatable bonds is 4. The fraction of sp³-hybridized carbons (Fsp3) is 0.280. The highest BCUT2D eigenvalue weighted by molar-refractivity contribution is 5.58. The molecule has 0 bridgehead atoms. The number of ether oxygens (including phenoxy) is 2. The second-order valence-corrected chi connectivity index (χ2v) is 8.14. The molecule has 0 radical (unpaired) electrons. The van der Waals surface area contributed by atoms with E-state index >= 15 is 0 Å². The van der Waals surface area contributed by atoms with Gasteiger partial charge in [0.2, 0.25) is 0 Å². The number of fused-ring (bicyclic) bond motifs is 3. The van der Waals surface area contributed by atoms with Crippen LogP contribution >= 0.6 is 0 Å². The number of nitrogens with two attached hydrogens (primary N) is 1. The Kier molecular flexibility index (Phi) is 4.47. The van der Waals surface area contributed by atoms with Crippen molar-refractivity contribution in [2.45, 2.75) is 23.5 Å². The molecule has 1 aliphatic carbocycles. The predicted molar refractivity (Wildman–Crippen MR) is 114 cm³/mol. The van der Waals surface area contributed by atoms with Gasteiger partial charge in [-0.05, 0) is 36.2 Å². The number of aliphatic hydroxyl groups is 1. The van der Waals surface area contributed by atoms with Gasteiger partial charge in [0.05, 0.1) is 36.7 Å². The maximum Gasteiger partial charge on any atom is 0.174 e. The van der Waals surface area contributed by atoms with Crippen molar-refractivity contribution in [2.75, 3.05) is 13.7 Å². The zero-order valence-corrected chi connectivity index (χ0v) is 17.2. The summed E-state index contributed by atoms with van der Waals surface area (Å²) in [5.41, 5.74) is 6.64. The van der Waals surface area contributed by atoms with Crippen molar-refractivity contribution in [3.63, 3.8) is 0 Å². The molecule has 1 unspecified atom stereocenters. The molecule has 156 valence electrons. The highest BCUT2D eigenvalue weighted by atomic mass is 16.5. The molecule has 1 aliphatic heterocycles. The van der Waals surface area contributed by atoms with E-state index in [9.17, 15) is 10.4 Å². The lowest BCUT2D eigenvalue weighted by Crippen LogP contribution is -2.51. The van der Waals surface area contributed by atoms with Crippen LogP contribution in [0.4, 0.5) is 0 Å². The highest BCUT2D eigenvalue weighted by Crippen LogP contribution is 2.69. The Hall–Kier alpha value is -3.40. The molecule has 31 heavy (non-hydrogen) atoms. The molecule has 5 rings (SSSR count). The molecule has 1 saturated carbocycles. The number of nitriles is 1. The van der Waals surface area contributed by atoms with Crippen molar-refractivity contribution in [3.8, 4) is 17.6 Å². The molecular formula is C25H23N3O3. The lowest BCUT2D eigenvalue weighted by molar-refractivity contribution is -0.126. The second kappa shape index (κ2) is 7.09.